The third-order valence-corrected chi connectivity index (χ3v) is 6.42. The van der Waals surface area contributed by atoms with E-state index in [1.807, 2.05) is 48.5 Å². The second kappa shape index (κ2) is 10.2. The molecule has 2 aromatic carbocycles. The summed E-state index contributed by atoms with van der Waals surface area (Å²) in [5.74, 6) is 3.14. The Morgan fingerprint density at radius 3 is 2.69 bits per heavy atom. The van der Waals surface area contributed by atoms with Gasteiger partial charge in [-0.3, -0.25) is 9.69 Å². The molecule has 3 aromatic rings. The number of methoxy groups -OCH3 is 1. The summed E-state index contributed by atoms with van der Waals surface area (Å²) in [5, 5.41) is 4.75. The number of fused-ring (bicyclic) bond motifs is 1. The molecule has 0 aliphatic carbocycles. The summed E-state index contributed by atoms with van der Waals surface area (Å²) in [6.07, 6.45) is 1.30. The van der Waals surface area contributed by atoms with Crippen LogP contribution < -0.4 is 15.0 Å². The minimum absolute atomic E-state index is 0.0133. The Balaban J connectivity index is 1.62. The predicted octanol–water partition coefficient (Wildman–Crippen LogP) is 5.34. The molecule has 6 nitrogen and oxygen atoms in total. The number of nitrogens with zero attached hydrogens (tertiary/aromatic N) is 3. The molecule has 4 rings (SSSR count). The number of ether oxygens (including phenoxy) is 1. The highest BCUT2D eigenvalue weighted by atomic mass is 35.5. The Labute approximate surface area is 197 Å². The first kappa shape index (κ1) is 22.4. The van der Waals surface area contributed by atoms with Crippen molar-refractivity contribution in [3.05, 3.63) is 70.2 Å². The number of rotatable bonds is 9. The first-order chi connectivity index (χ1) is 15.6. The maximum Gasteiger partial charge on any atom is 0.233 e. The van der Waals surface area contributed by atoms with E-state index in [4.69, 9.17) is 26.3 Å². The summed E-state index contributed by atoms with van der Waals surface area (Å²) in [6.45, 7) is 3.14. The number of thioether (sulfide) groups is 1. The Hall–Kier alpha value is -2.77. The molecule has 1 amide bonds. The van der Waals surface area contributed by atoms with Gasteiger partial charge in [-0.2, -0.15) is 0 Å². The van der Waals surface area contributed by atoms with Crippen LogP contribution in [0, 0.1) is 0 Å². The molecule has 166 valence electrons. The number of hydrogen-bond donors (Lipinski definition) is 1. The van der Waals surface area contributed by atoms with Crippen LogP contribution in [0.3, 0.4) is 0 Å². The molecule has 8 heteroatoms. The SMILES string of the molecule is CCCSc1nc(NCc2ccc(OC)cc2)c2c(n1)N(Cc1cccc(Cl)c1)C(=O)C2. The monoisotopic (exact) mass is 468 g/mol. The molecule has 1 N–H and O–H groups in total. The van der Waals surface area contributed by atoms with E-state index in [9.17, 15) is 4.79 Å². The molecule has 0 bridgehead atoms. The van der Waals surface area contributed by atoms with Crippen LogP contribution in [0.25, 0.3) is 0 Å². The molecule has 0 spiro atoms. The molecule has 32 heavy (non-hydrogen) atoms. The molecule has 0 saturated heterocycles. The fraction of sp³-hybridized carbons (Fsp3) is 0.292. The zero-order chi connectivity index (χ0) is 22.5. The fourth-order valence-corrected chi connectivity index (χ4v) is 4.42. The van der Waals surface area contributed by atoms with Gasteiger partial charge >= 0.3 is 0 Å². The zero-order valence-corrected chi connectivity index (χ0v) is 19.7. The average molecular weight is 469 g/mol. The van der Waals surface area contributed by atoms with Gasteiger partial charge < -0.3 is 10.1 Å². The Bertz CT molecular complexity index is 1110. The van der Waals surface area contributed by atoms with Gasteiger partial charge in [-0.25, -0.2) is 9.97 Å². The van der Waals surface area contributed by atoms with E-state index in [1.54, 1.807) is 23.8 Å². The number of benzene rings is 2. The van der Waals surface area contributed by atoms with E-state index in [0.717, 1.165) is 34.6 Å². The van der Waals surface area contributed by atoms with Gasteiger partial charge in [0, 0.05) is 22.9 Å². The van der Waals surface area contributed by atoms with Crippen LogP contribution in [0.5, 0.6) is 5.75 Å². The van der Waals surface area contributed by atoms with Crippen molar-refractivity contribution in [2.75, 3.05) is 23.1 Å². The summed E-state index contributed by atoms with van der Waals surface area (Å²) in [6, 6.07) is 15.4. The number of nitrogens with one attached hydrogen (secondary N) is 1. The van der Waals surface area contributed by atoms with Crippen molar-refractivity contribution in [3.63, 3.8) is 0 Å². The standard InChI is InChI=1S/C24H25ClN4O2S/c1-3-11-32-24-27-22(26-14-16-7-9-19(31-2)10-8-16)20-13-21(30)29(23(20)28-24)15-17-5-4-6-18(25)12-17/h4-10,12H,3,11,13-15H2,1-2H3,(H,26,27,28). The minimum atomic E-state index is 0.0133. The summed E-state index contributed by atoms with van der Waals surface area (Å²) >= 11 is 7.74. The van der Waals surface area contributed by atoms with Crippen LogP contribution in [0.15, 0.2) is 53.7 Å². The van der Waals surface area contributed by atoms with Gasteiger partial charge in [-0.15, -0.1) is 0 Å². The molecular weight excluding hydrogens is 444 g/mol. The number of halogens is 1. The number of carbonyl (C=O) groups is 1. The number of hydrogen-bond acceptors (Lipinski definition) is 6. The van der Waals surface area contributed by atoms with E-state index >= 15 is 0 Å². The number of amides is 1. The highest BCUT2D eigenvalue weighted by Gasteiger charge is 2.32. The van der Waals surface area contributed by atoms with Crippen LogP contribution in [0.2, 0.25) is 5.02 Å². The molecule has 0 radical (unpaired) electrons. The van der Waals surface area contributed by atoms with E-state index in [1.165, 1.54) is 0 Å². The van der Waals surface area contributed by atoms with Gasteiger partial charge in [0.1, 0.15) is 17.4 Å². The van der Waals surface area contributed by atoms with E-state index in [2.05, 4.69) is 12.2 Å². The summed E-state index contributed by atoms with van der Waals surface area (Å²) in [5.41, 5.74) is 2.90. The minimum Gasteiger partial charge on any atom is -0.497 e. The van der Waals surface area contributed by atoms with Crippen molar-refractivity contribution in [2.45, 2.75) is 38.0 Å². The van der Waals surface area contributed by atoms with Crippen molar-refractivity contribution in [3.8, 4) is 5.75 Å². The molecule has 0 fully saturated rings. The third-order valence-electron chi connectivity index (χ3n) is 5.13. The summed E-state index contributed by atoms with van der Waals surface area (Å²) in [4.78, 5) is 24.1. The molecule has 1 aliphatic rings. The van der Waals surface area contributed by atoms with Crippen molar-refractivity contribution in [1.82, 2.24) is 9.97 Å². The first-order valence-electron chi connectivity index (χ1n) is 10.5. The lowest BCUT2D eigenvalue weighted by Gasteiger charge is -2.18. The van der Waals surface area contributed by atoms with Gasteiger partial charge in [-0.1, -0.05) is 54.6 Å². The van der Waals surface area contributed by atoms with Crippen molar-refractivity contribution in [1.29, 1.82) is 0 Å². The second-order valence-corrected chi connectivity index (χ2v) is 8.99. The lowest BCUT2D eigenvalue weighted by atomic mass is 10.2. The van der Waals surface area contributed by atoms with Crippen molar-refractivity contribution < 1.29 is 9.53 Å². The third kappa shape index (κ3) is 5.16. The van der Waals surface area contributed by atoms with Crippen LogP contribution in [0.1, 0.15) is 30.0 Å². The molecule has 0 atom stereocenters. The largest absolute Gasteiger partial charge is 0.497 e. The second-order valence-electron chi connectivity index (χ2n) is 7.49. The Kier molecular flexibility index (Phi) is 7.17. The molecule has 2 heterocycles. The average Bonchev–Trinajstić information content (AvgIpc) is 3.11. The smallest absolute Gasteiger partial charge is 0.233 e. The molecule has 0 saturated carbocycles. The summed E-state index contributed by atoms with van der Waals surface area (Å²) < 4.78 is 5.23. The maximum absolute atomic E-state index is 12.9. The van der Waals surface area contributed by atoms with Crippen molar-refractivity contribution >= 4 is 40.9 Å². The van der Waals surface area contributed by atoms with Gasteiger partial charge in [-0.05, 0) is 41.8 Å². The molecule has 0 unspecified atom stereocenters. The van der Waals surface area contributed by atoms with Gasteiger partial charge in [0.05, 0.1) is 20.1 Å². The van der Waals surface area contributed by atoms with Crippen LogP contribution in [0.4, 0.5) is 11.6 Å². The topological polar surface area (TPSA) is 67.4 Å². The zero-order valence-electron chi connectivity index (χ0n) is 18.1. The fourth-order valence-electron chi connectivity index (χ4n) is 3.52. The van der Waals surface area contributed by atoms with E-state index in [-0.39, 0.29) is 12.3 Å². The first-order valence-corrected chi connectivity index (χ1v) is 11.9. The Morgan fingerprint density at radius 1 is 1.16 bits per heavy atom. The van der Waals surface area contributed by atoms with Gasteiger partial charge in [0.2, 0.25) is 5.91 Å². The van der Waals surface area contributed by atoms with Gasteiger partial charge in [0.25, 0.3) is 0 Å². The molecular formula is C24H25ClN4O2S. The quantitative estimate of drug-likeness (QED) is 0.337. The highest BCUT2D eigenvalue weighted by Crippen LogP contribution is 2.35. The molecule has 1 aromatic heterocycles. The van der Waals surface area contributed by atoms with Gasteiger partial charge in [0.15, 0.2) is 5.16 Å². The van der Waals surface area contributed by atoms with E-state index in [0.29, 0.717) is 34.9 Å². The number of aromatic nitrogens is 2. The number of carbonyl (C=O) groups excluding carboxylic acids is 1. The lowest BCUT2D eigenvalue weighted by Crippen LogP contribution is -2.26. The van der Waals surface area contributed by atoms with Crippen LogP contribution in [-0.2, 0) is 24.3 Å². The Morgan fingerprint density at radius 2 is 1.97 bits per heavy atom. The lowest BCUT2D eigenvalue weighted by molar-refractivity contribution is -0.117. The predicted molar refractivity (Wildman–Crippen MR) is 130 cm³/mol. The van der Waals surface area contributed by atoms with Crippen LogP contribution in [-0.4, -0.2) is 28.7 Å². The number of anilines is 2. The highest BCUT2D eigenvalue weighted by molar-refractivity contribution is 7.99. The summed E-state index contributed by atoms with van der Waals surface area (Å²) in [7, 11) is 1.65. The normalized spacial score (nSPS) is 12.7. The molecule has 1 aliphatic heterocycles. The maximum atomic E-state index is 12.9. The van der Waals surface area contributed by atoms with Crippen LogP contribution >= 0.6 is 23.4 Å². The van der Waals surface area contributed by atoms with Crippen molar-refractivity contribution in [2.24, 2.45) is 0 Å². The van der Waals surface area contributed by atoms with E-state index < -0.39 is 0 Å².